The second kappa shape index (κ2) is 17.2. The van der Waals surface area contributed by atoms with Gasteiger partial charge in [0.05, 0.1) is 38.8 Å². The summed E-state index contributed by atoms with van der Waals surface area (Å²) in [6, 6.07) is 31.6. The summed E-state index contributed by atoms with van der Waals surface area (Å²) in [4.78, 5) is 29.5. The predicted octanol–water partition coefficient (Wildman–Crippen LogP) is 7.42. The minimum atomic E-state index is -0.837. The fourth-order valence-corrected chi connectivity index (χ4v) is 6.65. The van der Waals surface area contributed by atoms with Crippen molar-refractivity contribution < 1.29 is 28.9 Å². The van der Waals surface area contributed by atoms with Crippen LogP contribution in [0.5, 0.6) is 0 Å². The number of aliphatic hydroxyl groups excluding tert-OH is 1. The van der Waals surface area contributed by atoms with Gasteiger partial charge in [0.1, 0.15) is 11.2 Å². The molecule has 3 N–H and O–H groups in total. The third-order valence-electron chi connectivity index (χ3n) is 9.26. The molecule has 1 fully saturated rings. The van der Waals surface area contributed by atoms with Crippen LogP contribution in [0.1, 0.15) is 47.1 Å². The number of nitrogens with one attached hydrogen (secondary N) is 2. The van der Waals surface area contributed by atoms with Crippen molar-refractivity contribution in [1.29, 1.82) is 0 Å². The summed E-state index contributed by atoms with van der Waals surface area (Å²) in [5.41, 5.74) is 6.29. The number of nitrogens with zero attached hydrogens (tertiary/aromatic N) is 2. The molecule has 4 aromatic carbocycles. The second-order valence-electron chi connectivity index (χ2n) is 12.7. The van der Waals surface area contributed by atoms with Crippen LogP contribution in [-0.2, 0) is 45.1 Å². The second-order valence-corrected chi connectivity index (χ2v) is 13.4. The van der Waals surface area contributed by atoms with Crippen molar-refractivity contribution in [2.75, 3.05) is 7.11 Å². The van der Waals surface area contributed by atoms with E-state index in [0.29, 0.717) is 18.1 Å². The maximum atomic E-state index is 13.0. The fourth-order valence-electron chi connectivity index (χ4n) is 6.34. The lowest BCUT2D eigenvalue weighted by atomic mass is 9.90. The number of amides is 2. The highest BCUT2D eigenvalue weighted by Gasteiger charge is 2.39. The number of imidazole rings is 1. The molecule has 0 bridgehead atoms. The predicted molar refractivity (Wildman–Crippen MR) is 198 cm³/mol. The van der Waals surface area contributed by atoms with Crippen LogP contribution in [0.15, 0.2) is 109 Å². The molecular formula is C40H40Cl2N4O6. The number of hydrogen-bond acceptors (Lipinski definition) is 7. The summed E-state index contributed by atoms with van der Waals surface area (Å²) >= 11 is 12.6. The van der Waals surface area contributed by atoms with E-state index in [1.807, 2.05) is 103 Å². The summed E-state index contributed by atoms with van der Waals surface area (Å²) < 4.78 is 19.9. The SMILES string of the molecule is COC(=O)[C@H](Cc1ccccc1)NC(=O)NCc1ccccc1-c1ccc([C@@H]2O[C@H](Cn3cnc(Cl)c3Cl)[C@H](C)[C@H](c3ccc(CO)cc3)O2)cc1. The van der Waals surface area contributed by atoms with E-state index in [4.69, 9.17) is 37.4 Å². The van der Waals surface area contributed by atoms with Crippen molar-refractivity contribution in [3.63, 3.8) is 0 Å². The van der Waals surface area contributed by atoms with E-state index in [1.165, 1.54) is 7.11 Å². The molecule has 5 aromatic rings. The summed E-state index contributed by atoms with van der Waals surface area (Å²) in [6.07, 6.45) is 0.616. The molecular weight excluding hydrogens is 703 g/mol. The van der Waals surface area contributed by atoms with Gasteiger partial charge in [-0.15, -0.1) is 0 Å². The van der Waals surface area contributed by atoms with Gasteiger partial charge in [-0.3, -0.25) is 0 Å². The molecule has 0 spiro atoms. The number of hydrogen-bond donors (Lipinski definition) is 3. The first-order valence-electron chi connectivity index (χ1n) is 16.9. The maximum Gasteiger partial charge on any atom is 0.328 e. The van der Waals surface area contributed by atoms with Crippen molar-refractivity contribution in [3.05, 3.63) is 148 Å². The number of benzene rings is 4. The number of esters is 1. The van der Waals surface area contributed by atoms with Crippen molar-refractivity contribution in [3.8, 4) is 11.1 Å². The number of carbonyl (C=O) groups excluding carboxylic acids is 2. The summed E-state index contributed by atoms with van der Waals surface area (Å²) in [6.45, 7) is 2.68. The average Bonchev–Trinajstić information content (AvgIpc) is 3.50. The van der Waals surface area contributed by atoms with Crippen LogP contribution in [0.4, 0.5) is 4.79 Å². The topological polar surface area (TPSA) is 124 Å². The van der Waals surface area contributed by atoms with Gasteiger partial charge in [0.25, 0.3) is 0 Å². The molecule has 5 atom stereocenters. The molecule has 52 heavy (non-hydrogen) atoms. The zero-order chi connectivity index (χ0) is 36.6. The molecule has 0 radical (unpaired) electrons. The van der Waals surface area contributed by atoms with Gasteiger partial charge in [-0.1, -0.05) is 133 Å². The maximum absolute atomic E-state index is 13.0. The molecule has 6 rings (SSSR count). The molecule has 10 nitrogen and oxygen atoms in total. The van der Waals surface area contributed by atoms with Crippen LogP contribution in [0.3, 0.4) is 0 Å². The van der Waals surface area contributed by atoms with Crippen molar-refractivity contribution >= 4 is 35.2 Å². The molecule has 0 saturated carbocycles. The molecule has 1 aromatic heterocycles. The first kappa shape index (κ1) is 37.1. The van der Waals surface area contributed by atoms with E-state index in [0.717, 1.165) is 38.9 Å². The minimum Gasteiger partial charge on any atom is -0.467 e. The zero-order valence-electron chi connectivity index (χ0n) is 28.7. The van der Waals surface area contributed by atoms with Crippen LogP contribution in [0, 0.1) is 5.92 Å². The normalized spacial score (nSPS) is 19.1. The van der Waals surface area contributed by atoms with Gasteiger partial charge in [0.15, 0.2) is 11.4 Å². The van der Waals surface area contributed by atoms with E-state index in [9.17, 15) is 14.7 Å². The largest absolute Gasteiger partial charge is 0.467 e. The Morgan fingerprint density at radius 1 is 0.904 bits per heavy atom. The van der Waals surface area contributed by atoms with Crippen molar-refractivity contribution in [1.82, 2.24) is 20.2 Å². The first-order chi connectivity index (χ1) is 25.2. The molecule has 1 saturated heterocycles. The summed E-state index contributed by atoms with van der Waals surface area (Å²) in [5.74, 6) is -0.586. The lowest BCUT2D eigenvalue weighted by molar-refractivity contribution is -0.276. The van der Waals surface area contributed by atoms with Crippen molar-refractivity contribution in [2.24, 2.45) is 5.92 Å². The molecule has 0 aliphatic carbocycles. The Kier molecular flexibility index (Phi) is 12.3. The zero-order valence-corrected chi connectivity index (χ0v) is 30.3. The lowest BCUT2D eigenvalue weighted by Crippen LogP contribution is -2.47. The highest BCUT2D eigenvalue weighted by Crippen LogP contribution is 2.43. The number of ether oxygens (including phenoxy) is 3. The third kappa shape index (κ3) is 8.83. The number of carbonyl (C=O) groups is 2. The summed E-state index contributed by atoms with van der Waals surface area (Å²) in [5, 5.41) is 15.8. The van der Waals surface area contributed by atoms with Crippen LogP contribution in [0.25, 0.3) is 11.1 Å². The Hall–Kier alpha value is -4.71. The van der Waals surface area contributed by atoms with Crippen LogP contribution < -0.4 is 10.6 Å². The Labute approximate surface area is 312 Å². The molecule has 1 aliphatic heterocycles. The lowest BCUT2D eigenvalue weighted by Gasteiger charge is -2.41. The Balaban J connectivity index is 1.17. The number of urea groups is 1. The Morgan fingerprint density at radius 3 is 2.27 bits per heavy atom. The van der Waals surface area contributed by atoms with Gasteiger partial charge in [0.2, 0.25) is 0 Å². The van der Waals surface area contributed by atoms with Crippen molar-refractivity contribution in [2.45, 2.75) is 57.6 Å². The van der Waals surface area contributed by atoms with E-state index < -0.39 is 24.3 Å². The highest BCUT2D eigenvalue weighted by atomic mass is 35.5. The number of halogens is 2. The average molecular weight is 744 g/mol. The van der Waals surface area contributed by atoms with E-state index in [1.54, 1.807) is 10.9 Å². The highest BCUT2D eigenvalue weighted by molar-refractivity contribution is 6.40. The number of rotatable bonds is 12. The van der Waals surface area contributed by atoms with Gasteiger partial charge in [-0.25, -0.2) is 14.6 Å². The first-order valence-corrected chi connectivity index (χ1v) is 17.7. The third-order valence-corrected chi connectivity index (χ3v) is 10.0. The molecule has 12 heteroatoms. The van der Waals surface area contributed by atoms with Crippen LogP contribution >= 0.6 is 23.2 Å². The number of aliphatic hydroxyl groups is 1. The van der Waals surface area contributed by atoms with E-state index in [-0.39, 0.29) is 36.4 Å². The van der Waals surface area contributed by atoms with Crippen LogP contribution in [-0.4, -0.2) is 45.9 Å². The smallest absolute Gasteiger partial charge is 0.328 e. The Morgan fingerprint density at radius 2 is 1.60 bits per heavy atom. The van der Waals surface area contributed by atoms with Gasteiger partial charge in [-0.2, -0.15) is 0 Å². The molecule has 0 unspecified atom stereocenters. The summed E-state index contributed by atoms with van der Waals surface area (Å²) in [7, 11) is 1.30. The van der Waals surface area contributed by atoms with E-state index >= 15 is 0 Å². The molecule has 2 heterocycles. The van der Waals surface area contributed by atoms with Crippen LogP contribution in [0.2, 0.25) is 10.3 Å². The molecule has 1 aliphatic rings. The fraction of sp³-hybridized carbons (Fsp3) is 0.275. The molecule has 2 amide bonds. The standard InChI is InChI=1S/C40H40Cl2N4O6/c1-25-34(22-46-24-44-36(41)37(46)42)51-39(52-35(25)29-14-12-27(23-47)13-15-29)30-18-16-28(17-19-30)32-11-7-6-10-31(32)21-43-40(49)45-33(38(48)50-2)20-26-8-4-3-5-9-26/h3-19,24-25,33-35,39,47H,20-23H2,1-2H3,(H2,43,45,49)/t25-,33-,34+,35+,39+/m0/s1. The van der Waals surface area contributed by atoms with Gasteiger partial charge < -0.3 is 34.5 Å². The van der Waals surface area contributed by atoms with E-state index in [2.05, 4.69) is 22.5 Å². The quantitative estimate of drug-likeness (QED) is 0.114. The number of aromatic nitrogens is 2. The molecule has 270 valence electrons. The van der Waals surface area contributed by atoms with Gasteiger partial charge in [0, 0.05) is 24.4 Å². The van der Waals surface area contributed by atoms with Gasteiger partial charge in [-0.05, 0) is 33.4 Å². The Bertz CT molecular complexity index is 1960. The monoisotopic (exact) mass is 742 g/mol. The number of methoxy groups -OCH3 is 1. The minimum absolute atomic E-state index is 0.0427. The van der Waals surface area contributed by atoms with Gasteiger partial charge >= 0.3 is 12.0 Å².